The summed E-state index contributed by atoms with van der Waals surface area (Å²) in [4.78, 5) is 11.4. The van der Waals surface area contributed by atoms with Crippen LogP contribution in [-0.2, 0) is 28.8 Å². The van der Waals surface area contributed by atoms with Gasteiger partial charge in [-0.05, 0) is 77.5 Å². The Morgan fingerprint density at radius 3 is 2.07 bits per heavy atom. The largest absolute Gasteiger partial charge is 0.487 e. The molecule has 0 saturated heterocycles. The summed E-state index contributed by atoms with van der Waals surface area (Å²) >= 11 is 0. The van der Waals surface area contributed by atoms with E-state index in [0.29, 0.717) is 37.5 Å². The molecule has 4 rings (SSSR count). The fourth-order valence-corrected chi connectivity index (χ4v) is 5.84. The summed E-state index contributed by atoms with van der Waals surface area (Å²) in [7, 11) is -2.06. The molecular formula is C38H49N3O4Si. The van der Waals surface area contributed by atoms with Crippen LogP contribution in [0.5, 0.6) is 5.75 Å². The first-order chi connectivity index (χ1) is 22.0. The monoisotopic (exact) mass is 639 g/mol. The summed E-state index contributed by atoms with van der Waals surface area (Å²) in [5.74, 6) is 0.640. The highest BCUT2D eigenvalue weighted by Gasteiger charge is 2.39. The van der Waals surface area contributed by atoms with Crippen LogP contribution in [0.1, 0.15) is 49.1 Å². The first-order valence-corrected chi connectivity index (χ1v) is 18.9. The van der Waals surface area contributed by atoms with E-state index in [2.05, 4.69) is 79.9 Å². The van der Waals surface area contributed by atoms with Gasteiger partial charge in [0.2, 0.25) is 14.7 Å². The van der Waals surface area contributed by atoms with Crippen LogP contribution in [0.25, 0.3) is 0 Å². The SMILES string of the molecule is CC(C)(C)[Si](C)(C)ON(CCc1ccc(NCC(O)c2ccccc2)cc1)CCc1ccc(OCc2ccccc2)c(NC=O)c1. The molecule has 0 aromatic heterocycles. The molecular weight excluding hydrogens is 591 g/mol. The number of hydroxylamine groups is 2. The van der Waals surface area contributed by atoms with E-state index >= 15 is 0 Å². The highest BCUT2D eigenvalue weighted by atomic mass is 28.4. The molecule has 0 fully saturated rings. The summed E-state index contributed by atoms with van der Waals surface area (Å²) in [6.07, 6.45) is 1.72. The van der Waals surface area contributed by atoms with Crippen molar-refractivity contribution in [1.29, 1.82) is 0 Å². The lowest BCUT2D eigenvalue weighted by Gasteiger charge is -2.40. The van der Waals surface area contributed by atoms with Gasteiger partial charge in [0.15, 0.2) is 0 Å². The highest BCUT2D eigenvalue weighted by molar-refractivity contribution is 6.74. The van der Waals surface area contributed by atoms with Gasteiger partial charge < -0.3 is 25.0 Å². The lowest BCUT2D eigenvalue weighted by Crippen LogP contribution is -2.47. The summed E-state index contributed by atoms with van der Waals surface area (Å²) in [6, 6.07) is 34.0. The van der Waals surface area contributed by atoms with E-state index in [1.165, 1.54) is 5.56 Å². The number of rotatable bonds is 17. The van der Waals surface area contributed by atoms with E-state index in [1.54, 1.807) is 0 Å². The molecule has 0 bridgehead atoms. The van der Waals surface area contributed by atoms with E-state index in [4.69, 9.17) is 9.26 Å². The smallest absolute Gasteiger partial charge is 0.220 e. The second kappa shape index (κ2) is 16.6. The van der Waals surface area contributed by atoms with Crippen LogP contribution >= 0.6 is 0 Å². The zero-order valence-corrected chi connectivity index (χ0v) is 28.8. The number of ether oxygens (including phenoxy) is 1. The van der Waals surface area contributed by atoms with Crippen molar-refractivity contribution in [3.63, 3.8) is 0 Å². The lowest BCUT2D eigenvalue weighted by molar-refractivity contribution is -0.105. The van der Waals surface area contributed by atoms with Crippen molar-refractivity contribution < 1.29 is 19.2 Å². The predicted octanol–water partition coefficient (Wildman–Crippen LogP) is 8.00. The van der Waals surface area contributed by atoms with Crippen LogP contribution < -0.4 is 15.4 Å². The highest BCUT2D eigenvalue weighted by Crippen LogP contribution is 2.37. The number of carbonyl (C=O) groups excluding carboxylic acids is 1. The number of nitrogens with one attached hydrogen (secondary N) is 2. The Morgan fingerprint density at radius 2 is 1.43 bits per heavy atom. The van der Waals surface area contributed by atoms with Gasteiger partial charge in [-0.15, -0.1) is 0 Å². The predicted molar refractivity (Wildman–Crippen MR) is 190 cm³/mol. The average Bonchev–Trinajstić information content (AvgIpc) is 3.05. The topological polar surface area (TPSA) is 83.1 Å². The fourth-order valence-electron chi connectivity index (χ4n) is 4.74. The van der Waals surface area contributed by atoms with Gasteiger partial charge >= 0.3 is 0 Å². The molecule has 0 aliphatic rings. The number of aliphatic hydroxyl groups excluding tert-OH is 1. The Hall–Kier alpha value is -3.95. The van der Waals surface area contributed by atoms with Gasteiger partial charge in [-0.1, -0.05) is 99.6 Å². The molecule has 1 atom stereocenters. The zero-order chi connectivity index (χ0) is 33.0. The van der Waals surface area contributed by atoms with Gasteiger partial charge in [0.05, 0.1) is 11.8 Å². The second-order valence-electron chi connectivity index (χ2n) is 13.2. The normalized spacial score (nSPS) is 12.5. The molecule has 0 aliphatic heterocycles. The number of benzene rings is 4. The van der Waals surface area contributed by atoms with Crippen LogP contribution in [0.2, 0.25) is 18.1 Å². The number of aliphatic hydroxyl groups is 1. The minimum atomic E-state index is -2.06. The standard InChI is InChI=1S/C38H49N3O4Si/c1-38(2,3)46(4,5)45-41(24-22-30-16-19-34(20-17-30)39-27-36(43)33-14-10-7-11-15-33)25-23-31-18-21-37(35(26-31)40-29-42)44-28-32-12-8-6-9-13-32/h6-21,26,29,36,39,43H,22-25,27-28H2,1-5H3,(H,40,42). The average molecular weight is 640 g/mol. The number of anilines is 2. The van der Waals surface area contributed by atoms with Crippen molar-refractivity contribution >= 4 is 26.1 Å². The van der Waals surface area contributed by atoms with Crippen LogP contribution in [0, 0.1) is 0 Å². The fraction of sp³-hybridized carbons (Fsp3) is 0.342. The maximum absolute atomic E-state index is 11.4. The van der Waals surface area contributed by atoms with Crippen molar-refractivity contribution in [2.45, 2.75) is 64.5 Å². The van der Waals surface area contributed by atoms with Crippen molar-refractivity contribution in [2.75, 3.05) is 30.3 Å². The van der Waals surface area contributed by atoms with E-state index in [1.807, 2.05) is 72.8 Å². The Bertz CT molecular complexity index is 1490. The van der Waals surface area contributed by atoms with Gasteiger partial charge in [-0.25, -0.2) is 5.06 Å². The van der Waals surface area contributed by atoms with Crippen molar-refractivity contribution in [1.82, 2.24) is 5.06 Å². The van der Waals surface area contributed by atoms with E-state index in [9.17, 15) is 9.90 Å². The number of nitrogens with zero attached hydrogens (tertiary/aromatic N) is 1. The van der Waals surface area contributed by atoms with Crippen LogP contribution in [0.3, 0.4) is 0 Å². The molecule has 8 heteroatoms. The third-order valence-corrected chi connectivity index (χ3v) is 12.9. The lowest BCUT2D eigenvalue weighted by atomic mass is 10.1. The first-order valence-electron chi connectivity index (χ1n) is 16.0. The maximum Gasteiger partial charge on any atom is 0.220 e. The number of amides is 1. The minimum Gasteiger partial charge on any atom is -0.487 e. The molecule has 1 amide bonds. The Morgan fingerprint density at radius 1 is 0.826 bits per heavy atom. The Kier molecular flexibility index (Phi) is 12.6. The molecule has 0 saturated carbocycles. The number of carbonyl (C=O) groups is 1. The van der Waals surface area contributed by atoms with Gasteiger partial charge in [0, 0.05) is 25.3 Å². The van der Waals surface area contributed by atoms with Gasteiger partial charge in [0.25, 0.3) is 0 Å². The molecule has 0 aliphatic carbocycles. The van der Waals surface area contributed by atoms with E-state index < -0.39 is 14.4 Å². The molecule has 7 nitrogen and oxygen atoms in total. The van der Waals surface area contributed by atoms with Crippen molar-refractivity contribution in [3.05, 3.63) is 125 Å². The van der Waals surface area contributed by atoms with Crippen molar-refractivity contribution in [3.8, 4) is 5.75 Å². The van der Waals surface area contributed by atoms with Gasteiger partial charge in [-0.3, -0.25) is 4.79 Å². The molecule has 0 heterocycles. The molecule has 0 spiro atoms. The molecule has 4 aromatic rings. The summed E-state index contributed by atoms with van der Waals surface area (Å²) < 4.78 is 12.8. The molecule has 3 N–H and O–H groups in total. The summed E-state index contributed by atoms with van der Waals surface area (Å²) in [5, 5.41) is 18.8. The maximum atomic E-state index is 11.4. The first kappa shape index (κ1) is 34.9. The second-order valence-corrected chi connectivity index (χ2v) is 17.9. The minimum absolute atomic E-state index is 0.0711. The van der Waals surface area contributed by atoms with Crippen LogP contribution in [-0.4, -0.2) is 44.5 Å². The van der Waals surface area contributed by atoms with Gasteiger partial charge in [0.1, 0.15) is 12.4 Å². The van der Waals surface area contributed by atoms with Crippen LogP contribution in [0.15, 0.2) is 103 Å². The molecule has 244 valence electrons. The molecule has 1 unspecified atom stereocenters. The Labute approximate surface area is 275 Å². The van der Waals surface area contributed by atoms with Crippen LogP contribution in [0.4, 0.5) is 11.4 Å². The van der Waals surface area contributed by atoms with Gasteiger partial charge in [-0.2, -0.15) is 0 Å². The third-order valence-electron chi connectivity index (χ3n) is 8.60. The number of hydrogen-bond acceptors (Lipinski definition) is 6. The summed E-state index contributed by atoms with van der Waals surface area (Å²) in [6.45, 7) is 13.6. The van der Waals surface area contributed by atoms with E-state index in [0.717, 1.165) is 41.8 Å². The molecule has 4 aromatic carbocycles. The molecule has 0 radical (unpaired) electrons. The zero-order valence-electron chi connectivity index (χ0n) is 27.8. The quantitative estimate of drug-likeness (QED) is 0.0617. The summed E-state index contributed by atoms with van der Waals surface area (Å²) in [5.41, 5.74) is 5.91. The van der Waals surface area contributed by atoms with E-state index in [-0.39, 0.29) is 5.04 Å². The number of hydrogen-bond donors (Lipinski definition) is 3. The Balaban J connectivity index is 1.37. The third kappa shape index (κ3) is 10.6. The van der Waals surface area contributed by atoms with Crippen molar-refractivity contribution in [2.24, 2.45) is 0 Å². The molecule has 46 heavy (non-hydrogen) atoms.